The second-order valence-corrected chi connectivity index (χ2v) is 7.91. The van der Waals surface area contributed by atoms with Gasteiger partial charge in [-0.2, -0.15) is 0 Å². The van der Waals surface area contributed by atoms with Gasteiger partial charge in [0.05, 0.1) is 13.1 Å². The van der Waals surface area contributed by atoms with Crippen LogP contribution in [0, 0.1) is 0 Å². The summed E-state index contributed by atoms with van der Waals surface area (Å²) in [6.07, 6.45) is 5.01. The number of benzene rings is 1. The van der Waals surface area contributed by atoms with Gasteiger partial charge in [0.2, 0.25) is 5.91 Å². The van der Waals surface area contributed by atoms with E-state index < -0.39 is 0 Å². The van der Waals surface area contributed by atoms with Crippen molar-refractivity contribution in [1.29, 1.82) is 0 Å². The third-order valence-corrected chi connectivity index (χ3v) is 5.20. The first-order valence-corrected chi connectivity index (χ1v) is 10.5. The second-order valence-electron chi connectivity index (χ2n) is 7.91. The fourth-order valence-electron chi connectivity index (χ4n) is 3.10. The van der Waals surface area contributed by atoms with E-state index in [1.165, 1.54) is 43.5 Å². The number of aliphatic imine (C=N–C) groups is 1. The second kappa shape index (κ2) is 11.7. The molecule has 1 aliphatic heterocycles. The third kappa shape index (κ3) is 7.89. The average molecular weight is 388 g/mol. The Morgan fingerprint density at radius 2 is 1.79 bits per heavy atom. The molecular weight excluding hydrogens is 350 g/mol. The SMILES string of the molecule is CCC(C)NC(=NCc1ccc(CN2CCCCC2)cc1)NCC(=O)N(C)C. The number of likely N-dealkylation sites (tertiary alicyclic amines) is 1. The number of piperidine rings is 1. The molecule has 156 valence electrons. The number of likely N-dealkylation sites (N-methyl/N-ethyl adjacent to an activating group) is 1. The van der Waals surface area contributed by atoms with E-state index in [-0.39, 0.29) is 12.5 Å². The Bertz CT molecular complexity index is 620. The van der Waals surface area contributed by atoms with Crippen LogP contribution in [0.5, 0.6) is 0 Å². The summed E-state index contributed by atoms with van der Waals surface area (Å²) >= 11 is 0. The molecule has 1 fully saturated rings. The first-order chi connectivity index (χ1) is 13.5. The summed E-state index contributed by atoms with van der Waals surface area (Å²) in [5, 5.41) is 6.50. The lowest BCUT2D eigenvalue weighted by atomic mass is 10.1. The monoisotopic (exact) mass is 387 g/mol. The first-order valence-electron chi connectivity index (χ1n) is 10.5. The molecule has 0 aromatic heterocycles. The van der Waals surface area contributed by atoms with E-state index in [0.29, 0.717) is 18.5 Å². The minimum absolute atomic E-state index is 0.0284. The lowest BCUT2D eigenvalue weighted by molar-refractivity contribution is -0.127. The molecule has 1 atom stereocenters. The summed E-state index contributed by atoms with van der Waals surface area (Å²) in [5.74, 6) is 0.711. The fraction of sp³-hybridized carbons (Fsp3) is 0.636. The van der Waals surface area contributed by atoms with Crippen LogP contribution in [0.1, 0.15) is 50.7 Å². The van der Waals surface area contributed by atoms with Crippen molar-refractivity contribution in [3.63, 3.8) is 0 Å². The van der Waals surface area contributed by atoms with Crippen LogP contribution in [0.4, 0.5) is 0 Å². The van der Waals surface area contributed by atoms with Gasteiger partial charge in [-0.15, -0.1) is 0 Å². The molecule has 2 N–H and O–H groups in total. The maximum absolute atomic E-state index is 11.9. The van der Waals surface area contributed by atoms with Crippen LogP contribution in [0.15, 0.2) is 29.3 Å². The molecule has 6 heteroatoms. The zero-order chi connectivity index (χ0) is 20.4. The number of amides is 1. The van der Waals surface area contributed by atoms with E-state index in [2.05, 4.69) is 58.6 Å². The quantitative estimate of drug-likeness (QED) is 0.532. The number of guanidine groups is 1. The van der Waals surface area contributed by atoms with Crippen molar-refractivity contribution >= 4 is 11.9 Å². The molecule has 0 bridgehead atoms. The number of nitrogens with zero attached hydrogens (tertiary/aromatic N) is 3. The Kier molecular flexibility index (Phi) is 9.28. The Labute approximate surface area is 170 Å². The van der Waals surface area contributed by atoms with E-state index in [9.17, 15) is 4.79 Å². The van der Waals surface area contributed by atoms with Gasteiger partial charge in [0, 0.05) is 26.7 Å². The zero-order valence-electron chi connectivity index (χ0n) is 18.0. The first kappa shape index (κ1) is 22.2. The van der Waals surface area contributed by atoms with Crippen LogP contribution in [0.2, 0.25) is 0 Å². The Balaban J connectivity index is 1.92. The predicted molar refractivity (Wildman–Crippen MR) is 116 cm³/mol. The van der Waals surface area contributed by atoms with Crippen LogP contribution in [-0.4, -0.2) is 61.4 Å². The largest absolute Gasteiger partial charge is 0.354 e. The van der Waals surface area contributed by atoms with Crippen molar-refractivity contribution in [1.82, 2.24) is 20.4 Å². The van der Waals surface area contributed by atoms with Gasteiger partial charge in [0.25, 0.3) is 0 Å². The zero-order valence-corrected chi connectivity index (χ0v) is 18.0. The molecule has 0 radical (unpaired) electrons. The van der Waals surface area contributed by atoms with E-state index >= 15 is 0 Å². The number of hydrogen-bond donors (Lipinski definition) is 2. The van der Waals surface area contributed by atoms with E-state index in [1.54, 1.807) is 19.0 Å². The summed E-state index contributed by atoms with van der Waals surface area (Å²) in [6, 6.07) is 9.05. The van der Waals surface area contributed by atoms with Crippen LogP contribution in [-0.2, 0) is 17.9 Å². The smallest absolute Gasteiger partial charge is 0.241 e. The number of carbonyl (C=O) groups excluding carboxylic acids is 1. The molecule has 1 heterocycles. The van der Waals surface area contributed by atoms with Gasteiger partial charge in [-0.25, -0.2) is 4.99 Å². The van der Waals surface area contributed by atoms with Gasteiger partial charge < -0.3 is 15.5 Å². The Hall–Kier alpha value is -2.08. The highest BCUT2D eigenvalue weighted by molar-refractivity contribution is 5.86. The number of carbonyl (C=O) groups is 1. The van der Waals surface area contributed by atoms with E-state index in [1.807, 2.05) is 0 Å². The molecule has 1 aromatic rings. The molecule has 0 aliphatic carbocycles. The van der Waals surface area contributed by atoms with Crippen LogP contribution in [0.25, 0.3) is 0 Å². The summed E-state index contributed by atoms with van der Waals surface area (Å²) in [5.41, 5.74) is 2.54. The van der Waals surface area contributed by atoms with Gasteiger partial charge in [-0.05, 0) is 50.4 Å². The molecule has 6 nitrogen and oxygen atoms in total. The van der Waals surface area contributed by atoms with Crippen LogP contribution in [0.3, 0.4) is 0 Å². The molecule has 0 saturated carbocycles. The molecule has 1 saturated heterocycles. The van der Waals surface area contributed by atoms with Crippen molar-refractivity contribution < 1.29 is 4.79 Å². The van der Waals surface area contributed by atoms with Crippen molar-refractivity contribution in [3.8, 4) is 0 Å². The summed E-state index contributed by atoms with van der Waals surface area (Å²) in [4.78, 5) is 20.6. The van der Waals surface area contributed by atoms with Crippen LogP contribution < -0.4 is 10.6 Å². The lowest BCUT2D eigenvalue weighted by Crippen LogP contribution is -2.45. The van der Waals surface area contributed by atoms with Gasteiger partial charge >= 0.3 is 0 Å². The number of rotatable bonds is 8. The average Bonchev–Trinajstić information content (AvgIpc) is 2.71. The summed E-state index contributed by atoms with van der Waals surface area (Å²) < 4.78 is 0. The van der Waals surface area contributed by atoms with Crippen molar-refractivity contribution in [2.75, 3.05) is 33.7 Å². The van der Waals surface area contributed by atoms with Crippen molar-refractivity contribution in [3.05, 3.63) is 35.4 Å². The molecule has 28 heavy (non-hydrogen) atoms. The summed E-state index contributed by atoms with van der Waals surface area (Å²) in [7, 11) is 3.52. The minimum atomic E-state index is 0.0284. The topological polar surface area (TPSA) is 60.0 Å². The fourth-order valence-corrected chi connectivity index (χ4v) is 3.10. The number of hydrogen-bond acceptors (Lipinski definition) is 3. The van der Waals surface area contributed by atoms with E-state index in [4.69, 9.17) is 0 Å². The maximum atomic E-state index is 11.9. The standard InChI is InChI=1S/C22H37N5O/c1-5-18(2)25-22(24-16-21(28)26(3)4)23-15-19-9-11-20(12-10-19)17-27-13-7-6-8-14-27/h9-12,18H,5-8,13-17H2,1-4H3,(H2,23,24,25). The summed E-state index contributed by atoms with van der Waals surface area (Å²) in [6.45, 7) is 8.54. The van der Waals surface area contributed by atoms with E-state index in [0.717, 1.165) is 13.0 Å². The molecule has 1 amide bonds. The normalized spacial score (nSPS) is 16.5. The molecule has 1 aromatic carbocycles. The highest BCUT2D eigenvalue weighted by Crippen LogP contribution is 2.14. The van der Waals surface area contributed by atoms with Crippen LogP contribution >= 0.6 is 0 Å². The molecule has 0 spiro atoms. The third-order valence-electron chi connectivity index (χ3n) is 5.20. The minimum Gasteiger partial charge on any atom is -0.354 e. The van der Waals surface area contributed by atoms with Crippen molar-refractivity contribution in [2.45, 2.75) is 58.7 Å². The number of nitrogens with one attached hydrogen (secondary N) is 2. The van der Waals surface area contributed by atoms with Gasteiger partial charge in [-0.3, -0.25) is 9.69 Å². The lowest BCUT2D eigenvalue weighted by Gasteiger charge is -2.26. The van der Waals surface area contributed by atoms with Gasteiger partial charge in [-0.1, -0.05) is 37.6 Å². The molecule has 2 rings (SSSR count). The van der Waals surface area contributed by atoms with Gasteiger partial charge in [0.1, 0.15) is 0 Å². The maximum Gasteiger partial charge on any atom is 0.241 e. The Morgan fingerprint density at radius 1 is 1.14 bits per heavy atom. The Morgan fingerprint density at radius 3 is 2.39 bits per heavy atom. The molecular formula is C22H37N5O. The van der Waals surface area contributed by atoms with Crippen molar-refractivity contribution in [2.24, 2.45) is 4.99 Å². The van der Waals surface area contributed by atoms with Gasteiger partial charge in [0.15, 0.2) is 5.96 Å². The highest BCUT2D eigenvalue weighted by Gasteiger charge is 2.10. The highest BCUT2D eigenvalue weighted by atomic mass is 16.2. The predicted octanol–water partition coefficient (Wildman–Crippen LogP) is 2.59. The molecule has 1 unspecified atom stereocenters. The molecule has 1 aliphatic rings.